The maximum Gasteiger partial charge on any atom is 0.197 e. The molecule has 0 atom stereocenters. The van der Waals surface area contributed by atoms with Crippen LogP contribution < -0.4 is 0 Å². The van der Waals surface area contributed by atoms with Crippen LogP contribution in [0.25, 0.3) is 74.8 Å². The zero-order chi connectivity index (χ0) is 28.8. The molecule has 44 heavy (non-hydrogen) atoms. The monoisotopic (exact) mass is 615 g/mol. The first-order valence-electron chi connectivity index (χ1n) is 14.4. The van der Waals surface area contributed by atoms with Crippen LogP contribution in [0.15, 0.2) is 112 Å². The van der Waals surface area contributed by atoms with Gasteiger partial charge in [-0.15, -0.1) is 22.7 Å². The van der Waals surface area contributed by atoms with Gasteiger partial charge in [0.1, 0.15) is 4.83 Å². The molecule has 4 aromatic heterocycles. The minimum absolute atomic E-state index is 0.186. The lowest BCUT2D eigenvalue weighted by molar-refractivity contribution is 0.0990. The summed E-state index contributed by atoms with van der Waals surface area (Å²) >= 11 is 5.32. The van der Waals surface area contributed by atoms with E-state index in [1.165, 1.54) is 73.8 Å². The standard InChI is InChI=1S/C38H17NO2S3/c40-34-21-9-1-2-10-22(21)35(41)26(34)15-18-17-42-37-32-23-13-14-29-30-24(20-8-4-6-12-28(20)43-29)16-25-19-7-3-5-11-27(19)39(33(25)31(23)30)38(32)44-36(18)37/h1-17H. The van der Waals surface area contributed by atoms with E-state index in [2.05, 4.69) is 76.5 Å². The van der Waals surface area contributed by atoms with E-state index in [9.17, 15) is 9.59 Å². The molecule has 5 heterocycles. The van der Waals surface area contributed by atoms with Gasteiger partial charge in [-0.1, -0.05) is 78.5 Å². The van der Waals surface area contributed by atoms with Gasteiger partial charge >= 0.3 is 0 Å². The molecule has 0 saturated carbocycles. The molecule has 3 nitrogen and oxygen atoms in total. The van der Waals surface area contributed by atoms with Crippen LogP contribution in [0.2, 0.25) is 0 Å². The van der Waals surface area contributed by atoms with E-state index in [0.717, 1.165) is 10.3 Å². The number of Topliss-reactive ketones (excluding diaryl/α,β-unsaturated/α-hetero) is 2. The lowest BCUT2D eigenvalue weighted by Gasteiger charge is -2.22. The molecule has 11 rings (SSSR count). The van der Waals surface area contributed by atoms with Crippen LogP contribution in [-0.2, 0) is 0 Å². The summed E-state index contributed by atoms with van der Waals surface area (Å²) in [4.78, 5) is 30.3. The number of carbonyl (C=O) groups is 2. The summed E-state index contributed by atoms with van der Waals surface area (Å²) in [5.74, 6) is -0.372. The predicted octanol–water partition coefficient (Wildman–Crippen LogP) is 10.9. The fourth-order valence-electron chi connectivity index (χ4n) is 7.52. The molecule has 0 bridgehead atoms. The number of aromatic nitrogens is 1. The number of carbonyl (C=O) groups excluding carboxylic acids is 2. The summed E-state index contributed by atoms with van der Waals surface area (Å²) in [6.45, 7) is 0. The van der Waals surface area contributed by atoms with Crippen LogP contribution >= 0.6 is 34.4 Å². The topological polar surface area (TPSA) is 38.5 Å². The van der Waals surface area contributed by atoms with Crippen molar-refractivity contribution in [1.82, 2.24) is 4.40 Å². The quantitative estimate of drug-likeness (QED) is 0.136. The Morgan fingerprint density at radius 1 is 0.614 bits per heavy atom. The molecule has 0 amide bonds. The number of nitrogens with zero attached hydrogens (tertiary/aromatic N) is 1. The van der Waals surface area contributed by atoms with E-state index in [-0.39, 0.29) is 17.1 Å². The largest absolute Gasteiger partial charge is 0.299 e. The van der Waals surface area contributed by atoms with Crippen molar-refractivity contribution in [2.45, 2.75) is 9.79 Å². The van der Waals surface area contributed by atoms with Crippen LogP contribution in [0, 0.1) is 0 Å². The van der Waals surface area contributed by atoms with Gasteiger partial charge in [-0.05, 0) is 46.9 Å². The van der Waals surface area contributed by atoms with Crippen molar-refractivity contribution in [2.24, 2.45) is 0 Å². The number of ketones is 2. The Morgan fingerprint density at radius 2 is 1.36 bits per heavy atom. The number of fused-ring (bicyclic) bond motifs is 11. The second kappa shape index (κ2) is 8.04. The summed E-state index contributed by atoms with van der Waals surface area (Å²) in [6, 6.07) is 31.6. The summed E-state index contributed by atoms with van der Waals surface area (Å²) < 4.78 is 4.79. The van der Waals surface area contributed by atoms with E-state index >= 15 is 0 Å². The Labute approximate surface area is 262 Å². The van der Waals surface area contributed by atoms with Crippen molar-refractivity contribution >= 4 is 110 Å². The van der Waals surface area contributed by atoms with E-state index in [1.54, 1.807) is 34.8 Å². The highest BCUT2D eigenvalue weighted by Gasteiger charge is 2.33. The van der Waals surface area contributed by atoms with Crippen LogP contribution in [0.3, 0.4) is 0 Å². The number of para-hydroxylation sites is 1. The molecule has 0 radical (unpaired) electrons. The van der Waals surface area contributed by atoms with Crippen molar-refractivity contribution in [2.75, 3.05) is 0 Å². The van der Waals surface area contributed by atoms with Gasteiger partial charge in [0.15, 0.2) is 11.6 Å². The molecular formula is C38H17NO2S3. The van der Waals surface area contributed by atoms with Gasteiger partial charge in [-0.2, -0.15) is 0 Å². The van der Waals surface area contributed by atoms with Gasteiger partial charge in [0, 0.05) is 58.8 Å². The lowest BCUT2D eigenvalue weighted by Crippen LogP contribution is -1.99. The average molecular weight is 616 g/mol. The molecule has 9 aromatic rings. The summed E-state index contributed by atoms with van der Waals surface area (Å²) in [6.07, 6.45) is 1.82. The Morgan fingerprint density at radius 3 is 2.20 bits per heavy atom. The highest BCUT2D eigenvalue weighted by atomic mass is 32.2. The zero-order valence-corrected chi connectivity index (χ0v) is 25.3. The number of hydrogen-bond donors (Lipinski definition) is 0. The minimum Gasteiger partial charge on any atom is -0.299 e. The van der Waals surface area contributed by atoms with Crippen molar-refractivity contribution in [3.63, 3.8) is 0 Å². The van der Waals surface area contributed by atoms with Gasteiger partial charge in [-0.3, -0.25) is 14.0 Å². The third kappa shape index (κ3) is 2.72. The summed E-state index contributed by atoms with van der Waals surface area (Å²) in [5, 5.41) is 9.77. The first-order valence-corrected chi connectivity index (χ1v) is 16.9. The highest BCUT2D eigenvalue weighted by molar-refractivity contribution is 7.99. The molecule has 5 aromatic carbocycles. The van der Waals surface area contributed by atoms with Gasteiger partial charge in [0.05, 0.1) is 26.0 Å². The summed E-state index contributed by atoms with van der Waals surface area (Å²) in [7, 11) is 0. The molecule has 1 aliphatic heterocycles. The Bertz CT molecular complexity index is 2810. The lowest BCUT2D eigenvalue weighted by atomic mass is 9.92. The van der Waals surface area contributed by atoms with E-state index in [4.69, 9.17) is 0 Å². The van der Waals surface area contributed by atoms with Crippen molar-refractivity contribution < 1.29 is 9.59 Å². The van der Waals surface area contributed by atoms with Gasteiger partial charge in [-0.25, -0.2) is 0 Å². The fraction of sp³-hybridized carbons (Fsp3) is 0. The number of rotatable bonds is 1. The molecule has 204 valence electrons. The van der Waals surface area contributed by atoms with Crippen LogP contribution in [0.4, 0.5) is 0 Å². The molecule has 0 spiro atoms. The SMILES string of the molecule is O=C1C(=Cc2csc3c2sc2c3c3ccc4c5c(cc6c7ccccc7n2c6c53)-c2ccccc2S4)C(=O)c2ccccc21. The first kappa shape index (κ1) is 23.7. The maximum absolute atomic E-state index is 13.3. The molecule has 0 unspecified atom stereocenters. The number of thiophene rings is 2. The van der Waals surface area contributed by atoms with Crippen LogP contribution in [-0.4, -0.2) is 16.0 Å². The Kier molecular flexibility index (Phi) is 4.33. The predicted molar refractivity (Wildman–Crippen MR) is 185 cm³/mol. The Hall–Kier alpha value is -4.75. The van der Waals surface area contributed by atoms with Gasteiger partial charge < -0.3 is 0 Å². The second-order valence-electron chi connectivity index (χ2n) is 11.5. The zero-order valence-electron chi connectivity index (χ0n) is 22.8. The third-order valence-corrected chi connectivity index (χ3v) is 12.9. The smallest absolute Gasteiger partial charge is 0.197 e. The number of hydrogen-bond acceptors (Lipinski definition) is 5. The molecule has 0 N–H and O–H groups in total. The van der Waals surface area contributed by atoms with Crippen LogP contribution in [0.5, 0.6) is 0 Å². The number of allylic oxidation sites excluding steroid dienone is 1. The first-order chi connectivity index (χ1) is 21.7. The van der Waals surface area contributed by atoms with E-state index < -0.39 is 0 Å². The molecule has 6 heteroatoms. The average Bonchev–Trinajstić information content (AvgIpc) is 3.79. The third-order valence-electron chi connectivity index (χ3n) is 9.36. The number of benzene rings is 5. The fourth-order valence-corrected chi connectivity index (χ4v) is 11.2. The highest BCUT2D eigenvalue weighted by Crippen LogP contribution is 2.55. The minimum atomic E-state index is -0.186. The second-order valence-corrected chi connectivity index (χ2v) is 14.5. The van der Waals surface area contributed by atoms with Gasteiger partial charge in [0.2, 0.25) is 0 Å². The van der Waals surface area contributed by atoms with Crippen LogP contribution in [0.1, 0.15) is 26.3 Å². The van der Waals surface area contributed by atoms with Crippen molar-refractivity contribution in [3.05, 3.63) is 119 Å². The molecular weight excluding hydrogens is 599 g/mol. The molecule has 2 aliphatic rings. The Balaban J connectivity index is 1.30. The molecule has 0 saturated heterocycles. The number of pyridine rings is 1. The van der Waals surface area contributed by atoms with E-state index in [0.29, 0.717) is 11.1 Å². The molecule has 1 aliphatic carbocycles. The summed E-state index contributed by atoms with van der Waals surface area (Å²) in [5.41, 5.74) is 7.23. The van der Waals surface area contributed by atoms with E-state index in [1.807, 2.05) is 30.0 Å². The van der Waals surface area contributed by atoms with Gasteiger partial charge in [0.25, 0.3) is 0 Å². The normalized spacial score (nSPS) is 14.3. The molecule has 0 fully saturated rings. The maximum atomic E-state index is 13.3. The van der Waals surface area contributed by atoms with Crippen molar-refractivity contribution in [1.29, 1.82) is 0 Å². The van der Waals surface area contributed by atoms with Crippen molar-refractivity contribution in [3.8, 4) is 11.1 Å².